The summed E-state index contributed by atoms with van der Waals surface area (Å²) in [5.41, 5.74) is 3.48. The lowest BCUT2D eigenvalue weighted by Gasteiger charge is -2.12. The quantitative estimate of drug-likeness (QED) is 0.442. The van der Waals surface area contributed by atoms with Crippen LogP contribution in [0.2, 0.25) is 0 Å². The van der Waals surface area contributed by atoms with Crippen molar-refractivity contribution in [1.29, 1.82) is 0 Å². The number of carbonyl (C=O) groups is 2. The van der Waals surface area contributed by atoms with Gasteiger partial charge in [-0.2, -0.15) is 0 Å². The maximum Gasteiger partial charge on any atom is 0.253 e. The molecule has 1 aromatic carbocycles. The molecular formula is C14H22N4O2. The maximum absolute atomic E-state index is 11.9. The highest BCUT2D eigenvalue weighted by Crippen LogP contribution is 2.12. The number of hydrazine groups is 1. The van der Waals surface area contributed by atoms with Crippen molar-refractivity contribution in [2.24, 2.45) is 5.84 Å². The summed E-state index contributed by atoms with van der Waals surface area (Å²) in [6.45, 7) is 4.24. The van der Waals surface area contributed by atoms with E-state index in [1.165, 1.54) is 0 Å². The first-order valence-electron chi connectivity index (χ1n) is 6.71. The number of amides is 2. The van der Waals surface area contributed by atoms with Gasteiger partial charge >= 0.3 is 0 Å². The molecule has 1 aromatic rings. The van der Waals surface area contributed by atoms with Gasteiger partial charge in [0, 0.05) is 19.0 Å². The normalized spacial score (nSPS) is 11.6. The molecule has 5 N–H and O–H groups in total. The van der Waals surface area contributed by atoms with Gasteiger partial charge in [-0.3, -0.25) is 15.4 Å². The monoisotopic (exact) mass is 278 g/mol. The zero-order valence-corrected chi connectivity index (χ0v) is 11.9. The molecule has 0 spiro atoms. The van der Waals surface area contributed by atoms with Gasteiger partial charge in [0.25, 0.3) is 5.91 Å². The van der Waals surface area contributed by atoms with Gasteiger partial charge in [0.05, 0.1) is 11.3 Å². The predicted molar refractivity (Wildman–Crippen MR) is 79.1 cm³/mol. The Morgan fingerprint density at radius 1 is 1.30 bits per heavy atom. The van der Waals surface area contributed by atoms with Gasteiger partial charge in [-0.15, -0.1) is 0 Å². The highest BCUT2D eigenvalue weighted by Gasteiger charge is 2.11. The number of rotatable bonds is 7. The third kappa shape index (κ3) is 4.89. The number of hydrogen-bond acceptors (Lipinski definition) is 4. The molecule has 0 radical (unpaired) electrons. The molecule has 0 aromatic heterocycles. The zero-order valence-electron chi connectivity index (χ0n) is 11.9. The van der Waals surface area contributed by atoms with Crippen molar-refractivity contribution >= 4 is 17.5 Å². The first kappa shape index (κ1) is 16.0. The molecule has 110 valence electrons. The molecule has 0 aliphatic carbocycles. The van der Waals surface area contributed by atoms with E-state index >= 15 is 0 Å². The van der Waals surface area contributed by atoms with Crippen molar-refractivity contribution in [1.82, 2.24) is 10.6 Å². The second-order valence-corrected chi connectivity index (χ2v) is 4.57. The van der Waals surface area contributed by atoms with Crippen LogP contribution in [0.25, 0.3) is 0 Å². The second-order valence-electron chi connectivity index (χ2n) is 4.57. The van der Waals surface area contributed by atoms with Crippen LogP contribution in [0.1, 0.15) is 37.0 Å². The summed E-state index contributed by atoms with van der Waals surface area (Å²) in [6, 6.07) is 7.07. The van der Waals surface area contributed by atoms with Crippen molar-refractivity contribution in [2.75, 3.05) is 12.0 Å². The summed E-state index contributed by atoms with van der Waals surface area (Å²) >= 11 is 0. The van der Waals surface area contributed by atoms with Crippen LogP contribution in [0.3, 0.4) is 0 Å². The topological polar surface area (TPSA) is 96.2 Å². The lowest BCUT2D eigenvalue weighted by Crippen LogP contribution is -2.35. The van der Waals surface area contributed by atoms with Crippen molar-refractivity contribution < 1.29 is 9.59 Å². The van der Waals surface area contributed by atoms with E-state index in [0.717, 1.165) is 6.42 Å². The Labute approximate surface area is 119 Å². The minimum Gasteiger partial charge on any atom is -0.354 e. The summed E-state index contributed by atoms with van der Waals surface area (Å²) < 4.78 is 0. The van der Waals surface area contributed by atoms with Crippen LogP contribution >= 0.6 is 0 Å². The average molecular weight is 278 g/mol. The SMILES string of the molecule is CCC(C)NC(=O)CCNC(=O)c1ccccc1NN. The van der Waals surface area contributed by atoms with Gasteiger partial charge in [-0.1, -0.05) is 19.1 Å². The highest BCUT2D eigenvalue weighted by atomic mass is 16.2. The number of nitrogen functional groups attached to an aromatic ring is 1. The summed E-state index contributed by atoms with van der Waals surface area (Å²) in [4.78, 5) is 23.5. The molecule has 0 saturated heterocycles. The molecule has 6 heteroatoms. The lowest BCUT2D eigenvalue weighted by atomic mass is 10.1. The van der Waals surface area contributed by atoms with E-state index in [4.69, 9.17) is 5.84 Å². The number of benzene rings is 1. The number of anilines is 1. The number of nitrogens with two attached hydrogens (primary N) is 1. The second kappa shape index (κ2) is 8.16. The summed E-state index contributed by atoms with van der Waals surface area (Å²) in [6.07, 6.45) is 1.14. The van der Waals surface area contributed by atoms with E-state index in [9.17, 15) is 9.59 Å². The first-order chi connectivity index (χ1) is 9.58. The van der Waals surface area contributed by atoms with E-state index in [2.05, 4.69) is 16.1 Å². The summed E-state index contributed by atoms with van der Waals surface area (Å²) in [5, 5.41) is 5.54. The molecule has 0 saturated carbocycles. The third-order valence-corrected chi connectivity index (χ3v) is 2.98. The van der Waals surface area contributed by atoms with E-state index in [1.54, 1.807) is 24.3 Å². The van der Waals surface area contributed by atoms with E-state index in [0.29, 0.717) is 17.8 Å². The smallest absolute Gasteiger partial charge is 0.253 e. The molecule has 0 aliphatic rings. The molecule has 1 unspecified atom stereocenters. The van der Waals surface area contributed by atoms with Gasteiger partial charge in [0.2, 0.25) is 5.91 Å². The molecule has 1 rings (SSSR count). The van der Waals surface area contributed by atoms with E-state index in [-0.39, 0.29) is 24.3 Å². The Balaban J connectivity index is 2.42. The minimum absolute atomic E-state index is 0.0649. The van der Waals surface area contributed by atoms with Crippen LogP contribution in [0.5, 0.6) is 0 Å². The van der Waals surface area contributed by atoms with E-state index < -0.39 is 0 Å². The number of nitrogens with one attached hydrogen (secondary N) is 3. The minimum atomic E-state index is -0.255. The molecule has 0 aliphatic heterocycles. The molecule has 20 heavy (non-hydrogen) atoms. The third-order valence-electron chi connectivity index (χ3n) is 2.98. The van der Waals surface area contributed by atoms with Crippen LogP contribution in [-0.4, -0.2) is 24.4 Å². The van der Waals surface area contributed by atoms with Crippen molar-refractivity contribution in [3.63, 3.8) is 0 Å². The molecule has 0 heterocycles. The van der Waals surface area contributed by atoms with Crippen LogP contribution in [-0.2, 0) is 4.79 Å². The van der Waals surface area contributed by atoms with E-state index in [1.807, 2.05) is 13.8 Å². The largest absolute Gasteiger partial charge is 0.354 e. The summed E-state index contributed by atoms with van der Waals surface area (Å²) in [5.74, 6) is 5.02. The predicted octanol–water partition coefficient (Wildman–Crippen LogP) is 1.01. The Morgan fingerprint density at radius 3 is 2.65 bits per heavy atom. The average Bonchev–Trinajstić information content (AvgIpc) is 2.46. The van der Waals surface area contributed by atoms with Crippen molar-refractivity contribution in [3.05, 3.63) is 29.8 Å². The van der Waals surface area contributed by atoms with Gasteiger partial charge in [0.1, 0.15) is 0 Å². The number of para-hydroxylation sites is 1. The molecular weight excluding hydrogens is 256 g/mol. The molecule has 2 amide bonds. The Hall–Kier alpha value is -2.08. The fourth-order valence-corrected chi connectivity index (χ4v) is 1.64. The zero-order chi connectivity index (χ0) is 15.0. The van der Waals surface area contributed by atoms with Crippen LogP contribution in [0.15, 0.2) is 24.3 Å². The van der Waals surface area contributed by atoms with Gasteiger partial charge in [-0.05, 0) is 25.5 Å². The van der Waals surface area contributed by atoms with Crippen LogP contribution < -0.4 is 21.9 Å². The Morgan fingerprint density at radius 2 is 2.00 bits per heavy atom. The molecule has 0 fully saturated rings. The Kier molecular flexibility index (Phi) is 6.52. The van der Waals surface area contributed by atoms with Gasteiger partial charge < -0.3 is 16.1 Å². The van der Waals surface area contributed by atoms with Gasteiger partial charge in [0.15, 0.2) is 0 Å². The Bertz CT molecular complexity index is 462. The first-order valence-corrected chi connectivity index (χ1v) is 6.71. The van der Waals surface area contributed by atoms with Crippen LogP contribution in [0.4, 0.5) is 5.69 Å². The molecule has 0 bridgehead atoms. The fourth-order valence-electron chi connectivity index (χ4n) is 1.64. The van der Waals surface area contributed by atoms with Crippen LogP contribution in [0, 0.1) is 0 Å². The van der Waals surface area contributed by atoms with Crippen molar-refractivity contribution in [2.45, 2.75) is 32.7 Å². The number of hydrogen-bond donors (Lipinski definition) is 4. The number of carbonyl (C=O) groups excluding carboxylic acids is 2. The van der Waals surface area contributed by atoms with Crippen molar-refractivity contribution in [3.8, 4) is 0 Å². The molecule has 6 nitrogen and oxygen atoms in total. The molecule has 1 atom stereocenters. The fraction of sp³-hybridized carbons (Fsp3) is 0.429. The van der Waals surface area contributed by atoms with Gasteiger partial charge in [-0.25, -0.2) is 0 Å². The standard InChI is InChI=1S/C14H22N4O2/c1-3-10(2)17-13(19)8-9-16-14(20)11-6-4-5-7-12(11)18-15/h4-7,10,18H,3,8-9,15H2,1-2H3,(H,16,20)(H,17,19). The lowest BCUT2D eigenvalue weighted by molar-refractivity contribution is -0.121. The highest BCUT2D eigenvalue weighted by molar-refractivity contribution is 5.99. The summed E-state index contributed by atoms with van der Waals surface area (Å²) in [7, 11) is 0. The maximum atomic E-state index is 11.9.